The molecule has 8 nitrogen and oxygen atoms in total. The Morgan fingerprint density at radius 3 is 2.57 bits per heavy atom. The quantitative estimate of drug-likeness (QED) is 0.762. The molecule has 2 atom stereocenters. The van der Waals surface area contributed by atoms with Crippen LogP contribution < -0.4 is 10.2 Å². The monoisotopic (exact) mass is 412 g/mol. The number of aryl methyl sites for hydroxylation is 3. The summed E-state index contributed by atoms with van der Waals surface area (Å²) < 4.78 is 7.06. The van der Waals surface area contributed by atoms with E-state index >= 15 is 0 Å². The first-order valence-electron chi connectivity index (χ1n) is 9.98. The first-order chi connectivity index (χ1) is 14.1. The molecular formula is C22H28N4O4. The topological polar surface area (TPSA) is 93.5 Å². The average Bonchev–Trinajstić information content (AvgIpc) is 3.18. The van der Waals surface area contributed by atoms with Gasteiger partial charge in [0.15, 0.2) is 6.10 Å². The van der Waals surface area contributed by atoms with Crippen LogP contribution in [0.25, 0.3) is 0 Å². The van der Waals surface area contributed by atoms with E-state index in [1.807, 2.05) is 39.0 Å². The minimum Gasteiger partial charge on any atom is -0.452 e. The molecule has 0 radical (unpaired) electrons. The zero-order valence-electron chi connectivity index (χ0n) is 18.3. The lowest BCUT2D eigenvalue weighted by Crippen LogP contribution is -2.33. The molecule has 1 N–H and O–H groups in total. The number of amides is 2. The summed E-state index contributed by atoms with van der Waals surface area (Å²) in [6.07, 6.45) is -0.914. The maximum atomic E-state index is 12.6. The maximum absolute atomic E-state index is 12.6. The van der Waals surface area contributed by atoms with Crippen molar-refractivity contribution in [2.24, 2.45) is 13.0 Å². The molecule has 2 amide bonds. The number of rotatable bonds is 5. The highest BCUT2D eigenvalue weighted by Crippen LogP contribution is 2.30. The second-order valence-electron chi connectivity index (χ2n) is 7.86. The summed E-state index contributed by atoms with van der Waals surface area (Å²) in [5.74, 6) is -1.70. The number of nitrogens with zero attached hydrogens (tertiary/aromatic N) is 3. The van der Waals surface area contributed by atoms with E-state index in [1.54, 1.807) is 23.6 Å². The van der Waals surface area contributed by atoms with Crippen molar-refractivity contribution in [3.8, 4) is 0 Å². The summed E-state index contributed by atoms with van der Waals surface area (Å²) in [5.41, 5.74) is 5.01. The third-order valence-electron chi connectivity index (χ3n) is 5.74. The van der Waals surface area contributed by atoms with Crippen molar-refractivity contribution in [3.63, 3.8) is 0 Å². The van der Waals surface area contributed by atoms with E-state index in [2.05, 4.69) is 10.4 Å². The number of hydrogen-bond acceptors (Lipinski definition) is 5. The Balaban J connectivity index is 1.64. The zero-order valence-corrected chi connectivity index (χ0v) is 18.3. The normalized spacial score (nSPS) is 17.2. The predicted octanol–water partition coefficient (Wildman–Crippen LogP) is 2.58. The highest BCUT2D eigenvalue weighted by atomic mass is 16.5. The summed E-state index contributed by atoms with van der Waals surface area (Å²) in [6, 6.07) is 5.76. The molecule has 2 heterocycles. The fourth-order valence-corrected chi connectivity index (χ4v) is 3.63. The lowest BCUT2D eigenvalue weighted by molar-refractivity contribution is -0.157. The molecule has 0 saturated carbocycles. The van der Waals surface area contributed by atoms with Crippen LogP contribution >= 0.6 is 0 Å². The van der Waals surface area contributed by atoms with Crippen molar-refractivity contribution in [3.05, 3.63) is 40.7 Å². The molecule has 1 saturated heterocycles. The van der Waals surface area contributed by atoms with Crippen LogP contribution in [-0.2, 0) is 26.2 Å². The van der Waals surface area contributed by atoms with Crippen LogP contribution in [0.4, 0.5) is 11.4 Å². The predicted molar refractivity (Wildman–Crippen MR) is 113 cm³/mol. The summed E-state index contributed by atoms with van der Waals surface area (Å²) in [6.45, 7) is 9.35. The van der Waals surface area contributed by atoms with Gasteiger partial charge in [0, 0.05) is 25.7 Å². The number of carbonyl (C=O) groups excluding carboxylic acids is 3. The Morgan fingerprint density at radius 2 is 1.93 bits per heavy atom. The number of aromatic nitrogens is 2. The Bertz CT molecular complexity index is 1010. The van der Waals surface area contributed by atoms with Crippen LogP contribution in [0.15, 0.2) is 18.2 Å². The van der Waals surface area contributed by atoms with E-state index < -0.39 is 23.9 Å². The Labute approximate surface area is 176 Å². The number of anilines is 2. The first kappa shape index (κ1) is 21.5. The molecule has 30 heavy (non-hydrogen) atoms. The molecule has 2 aromatic rings. The second kappa shape index (κ2) is 8.30. The minimum atomic E-state index is -0.985. The lowest BCUT2D eigenvalue weighted by atomic mass is 10.1. The Morgan fingerprint density at radius 1 is 1.23 bits per heavy atom. The summed E-state index contributed by atoms with van der Waals surface area (Å²) >= 11 is 0. The molecule has 8 heteroatoms. The van der Waals surface area contributed by atoms with Gasteiger partial charge in [0.2, 0.25) is 5.91 Å². The van der Waals surface area contributed by atoms with E-state index in [-0.39, 0.29) is 18.9 Å². The number of carbonyl (C=O) groups is 3. The van der Waals surface area contributed by atoms with Crippen LogP contribution in [0.1, 0.15) is 35.9 Å². The molecule has 160 valence electrons. The molecule has 0 bridgehead atoms. The maximum Gasteiger partial charge on any atom is 0.312 e. The number of esters is 1. The standard InChI is InChI=1S/C22H28N4O4/c1-12-8-7-9-18(13(12)2)26-11-17(10-19(26)27)22(29)30-16(5)21(28)23-20-14(3)24-25(6)15(20)4/h7-9,16-17H,10-11H2,1-6H3,(H,23,28)/t16-,17+/m1/s1. The van der Waals surface area contributed by atoms with Gasteiger partial charge >= 0.3 is 5.97 Å². The second-order valence-corrected chi connectivity index (χ2v) is 7.86. The number of benzene rings is 1. The van der Waals surface area contributed by atoms with Crippen LogP contribution in [0.3, 0.4) is 0 Å². The lowest BCUT2D eigenvalue weighted by Gasteiger charge is -2.20. The number of hydrogen-bond donors (Lipinski definition) is 1. The molecule has 1 aromatic heterocycles. The molecule has 1 aliphatic heterocycles. The van der Waals surface area contributed by atoms with E-state index in [0.717, 1.165) is 22.5 Å². The van der Waals surface area contributed by atoms with Gasteiger partial charge in [-0.15, -0.1) is 0 Å². The van der Waals surface area contributed by atoms with E-state index in [1.165, 1.54) is 6.92 Å². The molecular weight excluding hydrogens is 384 g/mol. The minimum absolute atomic E-state index is 0.0708. The molecule has 0 unspecified atom stereocenters. The molecule has 1 fully saturated rings. The van der Waals surface area contributed by atoms with E-state index in [9.17, 15) is 14.4 Å². The van der Waals surface area contributed by atoms with Gasteiger partial charge in [-0.05, 0) is 51.8 Å². The van der Waals surface area contributed by atoms with Crippen molar-refractivity contribution in [2.75, 3.05) is 16.8 Å². The molecule has 1 aromatic carbocycles. The summed E-state index contributed by atoms with van der Waals surface area (Å²) in [4.78, 5) is 39.3. The molecule has 0 spiro atoms. The largest absolute Gasteiger partial charge is 0.452 e. The van der Waals surface area contributed by atoms with Gasteiger partial charge in [-0.3, -0.25) is 19.1 Å². The highest BCUT2D eigenvalue weighted by Gasteiger charge is 2.38. The fraction of sp³-hybridized carbons (Fsp3) is 0.455. The van der Waals surface area contributed by atoms with Gasteiger partial charge < -0.3 is 15.0 Å². The van der Waals surface area contributed by atoms with Crippen LogP contribution in [0.2, 0.25) is 0 Å². The van der Waals surface area contributed by atoms with Crippen LogP contribution in [0.5, 0.6) is 0 Å². The van der Waals surface area contributed by atoms with Gasteiger partial charge in [0.1, 0.15) is 0 Å². The van der Waals surface area contributed by atoms with Crippen molar-refractivity contribution in [2.45, 2.75) is 47.1 Å². The smallest absolute Gasteiger partial charge is 0.312 e. The average molecular weight is 412 g/mol. The Kier molecular flexibility index (Phi) is 5.96. The van der Waals surface area contributed by atoms with Gasteiger partial charge in [0.25, 0.3) is 5.91 Å². The van der Waals surface area contributed by atoms with Gasteiger partial charge in [-0.25, -0.2) is 0 Å². The van der Waals surface area contributed by atoms with E-state index in [4.69, 9.17) is 4.74 Å². The first-order valence-corrected chi connectivity index (χ1v) is 9.98. The summed E-state index contributed by atoms with van der Waals surface area (Å²) in [7, 11) is 1.79. The highest BCUT2D eigenvalue weighted by molar-refractivity contribution is 6.01. The molecule has 0 aliphatic carbocycles. The van der Waals surface area contributed by atoms with E-state index in [0.29, 0.717) is 11.4 Å². The van der Waals surface area contributed by atoms with Crippen LogP contribution in [0, 0.1) is 33.6 Å². The van der Waals surface area contributed by atoms with Crippen molar-refractivity contribution in [1.82, 2.24) is 9.78 Å². The van der Waals surface area contributed by atoms with Crippen molar-refractivity contribution >= 4 is 29.2 Å². The molecule has 3 rings (SSSR count). The van der Waals surface area contributed by atoms with Crippen molar-refractivity contribution < 1.29 is 19.1 Å². The number of nitrogens with one attached hydrogen (secondary N) is 1. The van der Waals surface area contributed by atoms with Gasteiger partial charge in [-0.1, -0.05) is 12.1 Å². The van der Waals surface area contributed by atoms with Gasteiger partial charge in [-0.2, -0.15) is 5.10 Å². The third kappa shape index (κ3) is 4.08. The molecule has 1 aliphatic rings. The number of ether oxygens (including phenoxy) is 1. The summed E-state index contributed by atoms with van der Waals surface area (Å²) in [5, 5.41) is 7.03. The Hall–Kier alpha value is -3.16. The SMILES string of the molecule is Cc1cccc(N2C[C@@H](C(=O)O[C@H](C)C(=O)Nc3c(C)nn(C)c3C)CC2=O)c1C. The van der Waals surface area contributed by atoms with Crippen LogP contribution in [-0.4, -0.2) is 40.2 Å². The van der Waals surface area contributed by atoms with Crippen molar-refractivity contribution in [1.29, 1.82) is 0 Å². The van der Waals surface area contributed by atoms with Gasteiger partial charge in [0.05, 0.1) is 23.0 Å². The zero-order chi connectivity index (χ0) is 22.2. The fourth-order valence-electron chi connectivity index (χ4n) is 3.63. The third-order valence-corrected chi connectivity index (χ3v) is 5.74.